The lowest BCUT2D eigenvalue weighted by Gasteiger charge is -2.24. The van der Waals surface area contributed by atoms with E-state index in [2.05, 4.69) is 30.0 Å². The fraction of sp³-hybridized carbons (Fsp3) is 0.625. The van der Waals surface area contributed by atoms with Crippen LogP contribution in [0.25, 0.3) is 0 Å². The van der Waals surface area contributed by atoms with Gasteiger partial charge in [0.1, 0.15) is 0 Å². The Morgan fingerprint density at radius 1 is 1.21 bits per heavy atom. The Balaban J connectivity index is 1.69. The van der Waals surface area contributed by atoms with Gasteiger partial charge in [-0.25, -0.2) is 0 Å². The second-order valence-electron chi connectivity index (χ2n) is 5.51. The number of ether oxygens (including phenoxy) is 2. The first-order valence-electron chi connectivity index (χ1n) is 7.52. The molecule has 2 aliphatic heterocycles. The van der Waals surface area contributed by atoms with Gasteiger partial charge in [-0.2, -0.15) is 0 Å². The minimum atomic E-state index is 0.365. The molecule has 19 heavy (non-hydrogen) atoms. The van der Waals surface area contributed by atoms with Crippen molar-refractivity contribution in [2.75, 3.05) is 19.9 Å². The number of hydrogen-bond acceptors (Lipinski definition) is 3. The lowest BCUT2D eigenvalue weighted by atomic mass is 10.0. The van der Waals surface area contributed by atoms with Gasteiger partial charge < -0.3 is 9.47 Å². The van der Waals surface area contributed by atoms with Crippen LogP contribution in [0.2, 0.25) is 0 Å². The average Bonchev–Trinajstić information content (AvgIpc) is 3.06. The molecular formula is C16H23NO2. The van der Waals surface area contributed by atoms with Crippen molar-refractivity contribution in [3.8, 4) is 11.5 Å². The Labute approximate surface area is 115 Å². The summed E-state index contributed by atoms with van der Waals surface area (Å²) < 4.78 is 10.9. The zero-order valence-corrected chi connectivity index (χ0v) is 11.7. The molecule has 1 saturated heterocycles. The fourth-order valence-electron chi connectivity index (χ4n) is 3.16. The van der Waals surface area contributed by atoms with Crippen molar-refractivity contribution in [1.29, 1.82) is 0 Å². The summed E-state index contributed by atoms with van der Waals surface area (Å²) in [6.07, 6.45) is 6.53. The Kier molecular flexibility index (Phi) is 3.92. The van der Waals surface area contributed by atoms with Crippen molar-refractivity contribution in [3.63, 3.8) is 0 Å². The molecule has 3 rings (SSSR count). The summed E-state index contributed by atoms with van der Waals surface area (Å²) in [5, 5.41) is 0. The number of unbranched alkanes of at least 4 members (excludes halogenated alkanes) is 2. The van der Waals surface area contributed by atoms with E-state index in [1.54, 1.807) is 0 Å². The highest BCUT2D eigenvalue weighted by atomic mass is 16.7. The maximum absolute atomic E-state index is 5.49. The summed E-state index contributed by atoms with van der Waals surface area (Å²) >= 11 is 0. The number of likely N-dealkylation sites (tertiary alicyclic amines) is 1. The van der Waals surface area contributed by atoms with Crippen molar-refractivity contribution in [3.05, 3.63) is 23.8 Å². The molecule has 1 aromatic rings. The van der Waals surface area contributed by atoms with Crippen LogP contribution in [0.15, 0.2) is 18.2 Å². The predicted octanol–water partition coefficient (Wildman–Crippen LogP) is 3.74. The van der Waals surface area contributed by atoms with Crippen LogP contribution in [0.3, 0.4) is 0 Å². The van der Waals surface area contributed by atoms with Crippen molar-refractivity contribution in [2.24, 2.45) is 0 Å². The van der Waals surface area contributed by atoms with E-state index in [4.69, 9.17) is 9.47 Å². The van der Waals surface area contributed by atoms with E-state index in [1.807, 2.05) is 0 Å². The van der Waals surface area contributed by atoms with Gasteiger partial charge in [0.25, 0.3) is 0 Å². The summed E-state index contributed by atoms with van der Waals surface area (Å²) in [4.78, 5) is 2.63. The van der Waals surface area contributed by atoms with E-state index in [9.17, 15) is 0 Å². The van der Waals surface area contributed by atoms with Crippen LogP contribution in [-0.4, -0.2) is 24.8 Å². The smallest absolute Gasteiger partial charge is 0.231 e. The molecule has 1 atom stereocenters. The second-order valence-corrected chi connectivity index (χ2v) is 5.51. The Hall–Kier alpha value is -1.22. The molecule has 2 aliphatic rings. The third kappa shape index (κ3) is 2.71. The number of nitrogens with zero attached hydrogens (tertiary/aromatic N) is 1. The molecule has 1 aromatic carbocycles. The topological polar surface area (TPSA) is 21.7 Å². The second kappa shape index (κ2) is 5.83. The lowest BCUT2D eigenvalue weighted by Crippen LogP contribution is -2.24. The molecule has 0 aliphatic carbocycles. The molecular weight excluding hydrogens is 238 g/mol. The molecule has 1 fully saturated rings. The molecule has 0 bridgehead atoms. The summed E-state index contributed by atoms with van der Waals surface area (Å²) in [6.45, 7) is 5.10. The first kappa shape index (κ1) is 12.8. The number of benzene rings is 1. The molecule has 0 N–H and O–H groups in total. The average molecular weight is 261 g/mol. The highest BCUT2D eigenvalue weighted by molar-refractivity contribution is 5.45. The monoisotopic (exact) mass is 261 g/mol. The highest BCUT2D eigenvalue weighted by Gasteiger charge is 2.26. The number of hydrogen-bond donors (Lipinski definition) is 0. The van der Waals surface area contributed by atoms with Crippen LogP contribution in [0.1, 0.15) is 50.6 Å². The summed E-state index contributed by atoms with van der Waals surface area (Å²) in [7, 11) is 0. The van der Waals surface area contributed by atoms with Crippen LogP contribution in [0, 0.1) is 0 Å². The minimum Gasteiger partial charge on any atom is -0.454 e. The summed E-state index contributed by atoms with van der Waals surface area (Å²) in [5.41, 5.74) is 1.39. The van der Waals surface area contributed by atoms with Gasteiger partial charge in [0.2, 0.25) is 6.79 Å². The maximum atomic E-state index is 5.49. The molecule has 0 radical (unpaired) electrons. The van der Waals surface area contributed by atoms with E-state index < -0.39 is 0 Å². The van der Waals surface area contributed by atoms with Gasteiger partial charge in [-0.1, -0.05) is 25.8 Å². The van der Waals surface area contributed by atoms with E-state index in [1.165, 1.54) is 50.8 Å². The largest absolute Gasteiger partial charge is 0.454 e. The van der Waals surface area contributed by atoms with Crippen molar-refractivity contribution < 1.29 is 9.47 Å². The number of fused-ring (bicyclic) bond motifs is 1. The molecule has 1 unspecified atom stereocenters. The van der Waals surface area contributed by atoms with Crippen molar-refractivity contribution >= 4 is 0 Å². The molecule has 104 valence electrons. The lowest BCUT2D eigenvalue weighted by molar-refractivity contribution is 0.174. The summed E-state index contributed by atoms with van der Waals surface area (Å²) in [5.74, 6) is 1.80. The quantitative estimate of drug-likeness (QED) is 0.754. The van der Waals surface area contributed by atoms with E-state index in [-0.39, 0.29) is 0 Å². The molecule has 0 amide bonds. The Bertz CT molecular complexity index is 433. The van der Waals surface area contributed by atoms with Crippen LogP contribution in [0.5, 0.6) is 11.5 Å². The van der Waals surface area contributed by atoms with Gasteiger partial charge in [-0.3, -0.25) is 4.90 Å². The van der Waals surface area contributed by atoms with Crippen LogP contribution < -0.4 is 9.47 Å². The molecule has 2 heterocycles. The summed E-state index contributed by atoms with van der Waals surface area (Å²) in [6, 6.07) is 7.01. The Morgan fingerprint density at radius 2 is 2.11 bits per heavy atom. The standard InChI is InChI=1S/C16H23NO2/c1-2-3-4-9-17-10-5-6-14(17)13-7-8-15-16(11-13)19-12-18-15/h7-8,11,14H,2-6,9-10,12H2,1H3. The van der Waals surface area contributed by atoms with Gasteiger partial charge in [-0.15, -0.1) is 0 Å². The predicted molar refractivity (Wildman–Crippen MR) is 75.6 cm³/mol. The zero-order chi connectivity index (χ0) is 13.1. The normalized spacial score (nSPS) is 22.1. The van der Waals surface area contributed by atoms with Gasteiger partial charge >= 0.3 is 0 Å². The Morgan fingerprint density at radius 3 is 3.00 bits per heavy atom. The van der Waals surface area contributed by atoms with E-state index in [0.717, 1.165) is 11.5 Å². The van der Waals surface area contributed by atoms with Crippen molar-refractivity contribution in [2.45, 2.75) is 45.1 Å². The zero-order valence-electron chi connectivity index (χ0n) is 11.7. The third-order valence-electron chi connectivity index (χ3n) is 4.19. The van der Waals surface area contributed by atoms with Crippen LogP contribution in [-0.2, 0) is 0 Å². The number of rotatable bonds is 5. The molecule has 0 spiro atoms. The molecule has 3 heteroatoms. The van der Waals surface area contributed by atoms with Gasteiger partial charge in [0.15, 0.2) is 11.5 Å². The fourth-order valence-corrected chi connectivity index (χ4v) is 3.16. The SMILES string of the molecule is CCCCCN1CCCC1c1ccc2c(c1)OCO2. The van der Waals surface area contributed by atoms with Crippen LogP contribution >= 0.6 is 0 Å². The molecule has 0 saturated carbocycles. The molecule has 3 nitrogen and oxygen atoms in total. The van der Waals surface area contributed by atoms with Crippen molar-refractivity contribution in [1.82, 2.24) is 4.90 Å². The minimum absolute atomic E-state index is 0.365. The highest BCUT2D eigenvalue weighted by Crippen LogP contribution is 2.38. The van der Waals surface area contributed by atoms with Gasteiger partial charge in [0, 0.05) is 6.04 Å². The maximum Gasteiger partial charge on any atom is 0.231 e. The van der Waals surface area contributed by atoms with E-state index in [0.29, 0.717) is 12.8 Å². The molecule has 0 aromatic heterocycles. The van der Waals surface area contributed by atoms with Crippen LogP contribution in [0.4, 0.5) is 0 Å². The first-order valence-corrected chi connectivity index (χ1v) is 7.52. The third-order valence-corrected chi connectivity index (χ3v) is 4.19. The van der Waals surface area contributed by atoms with E-state index >= 15 is 0 Å². The van der Waals surface area contributed by atoms with Gasteiger partial charge in [-0.05, 0) is 50.0 Å². The first-order chi connectivity index (χ1) is 9.38. The van der Waals surface area contributed by atoms with Gasteiger partial charge in [0.05, 0.1) is 0 Å².